The van der Waals surface area contributed by atoms with E-state index in [1.807, 2.05) is 0 Å². The van der Waals surface area contributed by atoms with Crippen LogP contribution in [-0.4, -0.2) is 30.6 Å². The van der Waals surface area contributed by atoms with Gasteiger partial charge in [0.1, 0.15) is 0 Å². The second kappa shape index (κ2) is 10.4. The lowest BCUT2D eigenvalue weighted by Crippen LogP contribution is -2.31. The molecule has 2 aromatic rings. The highest BCUT2D eigenvalue weighted by Crippen LogP contribution is 2.36. The fourth-order valence-corrected chi connectivity index (χ4v) is 4.17. The van der Waals surface area contributed by atoms with Crippen LogP contribution in [0.1, 0.15) is 33.8 Å². The molecule has 0 aliphatic carbocycles. The minimum atomic E-state index is -4.54. The molecule has 0 unspecified atom stereocenters. The average Bonchev–Trinajstić information content (AvgIpc) is 2.81. The molecule has 0 saturated heterocycles. The maximum absolute atomic E-state index is 12.9. The van der Waals surface area contributed by atoms with E-state index in [9.17, 15) is 32.8 Å². The van der Waals surface area contributed by atoms with Crippen molar-refractivity contribution in [3.05, 3.63) is 75.8 Å². The van der Waals surface area contributed by atoms with Gasteiger partial charge in [0.2, 0.25) is 11.8 Å². The maximum Gasteiger partial charge on any atom is 0.416 e. The van der Waals surface area contributed by atoms with Crippen molar-refractivity contribution < 1.29 is 32.3 Å². The van der Waals surface area contributed by atoms with Crippen LogP contribution in [0.25, 0.3) is 0 Å². The standard InChI is InChI=1S/C23H18F3N3O4S/c1-33-22(32)14-7-5-13(6-8-14)17-10-19(30)29-21(18(17)11-27)34-12-20(31)28-16-4-2-3-15(9-16)23(24,25)26/h2-9,17H,10,12H2,1H3,(H,28,31)(H,29,30)/t17-/m0/s1. The third kappa shape index (κ3) is 5.96. The summed E-state index contributed by atoms with van der Waals surface area (Å²) in [6, 6.07) is 12.6. The Morgan fingerprint density at radius 2 is 1.94 bits per heavy atom. The lowest BCUT2D eigenvalue weighted by molar-refractivity contribution is -0.137. The van der Waals surface area contributed by atoms with Gasteiger partial charge in [0.25, 0.3) is 0 Å². The average molecular weight is 489 g/mol. The molecule has 1 atom stereocenters. The minimum absolute atomic E-state index is 0.000948. The van der Waals surface area contributed by atoms with E-state index < -0.39 is 29.5 Å². The number of amides is 2. The third-order valence-electron chi connectivity index (χ3n) is 4.91. The van der Waals surface area contributed by atoms with Crippen LogP contribution >= 0.6 is 11.8 Å². The molecule has 0 radical (unpaired) electrons. The van der Waals surface area contributed by atoms with Gasteiger partial charge < -0.3 is 15.4 Å². The van der Waals surface area contributed by atoms with Crippen LogP contribution in [0, 0.1) is 11.3 Å². The predicted octanol–water partition coefficient (Wildman–Crippen LogP) is 4.20. The van der Waals surface area contributed by atoms with Crippen molar-refractivity contribution in [2.45, 2.75) is 18.5 Å². The fourth-order valence-electron chi connectivity index (χ4n) is 3.30. The van der Waals surface area contributed by atoms with Crippen LogP contribution in [0.5, 0.6) is 0 Å². The van der Waals surface area contributed by atoms with Crippen LogP contribution in [-0.2, 0) is 20.5 Å². The number of anilines is 1. The molecule has 1 aliphatic rings. The summed E-state index contributed by atoms with van der Waals surface area (Å²) in [6.07, 6.45) is -4.54. The molecule has 7 nitrogen and oxygen atoms in total. The van der Waals surface area contributed by atoms with Crippen molar-refractivity contribution in [2.75, 3.05) is 18.2 Å². The molecule has 0 bridgehead atoms. The number of carbonyl (C=O) groups is 3. The number of rotatable bonds is 6. The van der Waals surface area contributed by atoms with Gasteiger partial charge in [0.05, 0.1) is 40.7 Å². The number of benzene rings is 2. The number of allylic oxidation sites excluding steroid dienone is 1. The number of alkyl halides is 3. The summed E-state index contributed by atoms with van der Waals surface area (Å²) in [6.45, 7) is 0. The van der Waals surface area contributed by atoms with E-state index in [-0.39, 0.29) is 34.4 Å². The molecule has 0 spiro atoms. The highest BCUT2D eigenvalue weighted by Gasteiger charge is 2.31. The van der Waals surface area contributed by atoms with Gasteiger partial charge in [-0.3, -0.25) is 9.59 Å². The van der Waals surface area contributed by atoms with Crippen molar-refractivity contribution >= 4 is 35.2 Å². The molecule has 0 fully saturated rings. The minimum Gasteiger partial charge on any atom is -0.465 e. The predicted molar refractivity (Wildman–Crippen MR) is 118 cm³/mol. The Morgan fingerprint density at radius 1 is 1.24 bits per heavy atom. The summed E-state index contributed by atoms with van der Waals surface area (Å²) >= 11 is 0.898. The number of methoxy groups -OCH3 is 1. The van der Waals surface area contributed by atoms with Gasteiger partial charge in [-0.25, -0.2) is 4.79 Å². The number of hydrogen-bond donors (Lipinski definition) is 2. The number of hydrogen-bond acceptors (Lipinski definition) is 6. The fraction of sp³-hybridized carbons (Fsp3) is 0.217. The van der Waals surface area contributed by atoms with Crippen LogP contribution < -0.4 is 10.6 Å². The van der Waals surface area contributed by atoms with E-state index in [0.29, 0.717) is 11.1 Å². The molecule has 2 N–H and O–H groups in total. The van der Waals surface area contributed by atoms with Crippen molar-refractivity contribution in [1.29, 1.82) is 5.26 Å². The number of thioether (sulfide) groups is 1. The van der Waals surface area contributed by atoms with Crippen molar-refractivity contribution in [3.8, 4) is 6.07 Å². The highest BCUT2D eigenvalue weighted by atomic mass is 32.2. The molecule has 0 aromatic heterocycles. The molecule has 176 valence electrons. The Bertz CT molecular complexity index is 1190. The number of carbonyl (C=O) groups excluding carboxylic acids is 3. The lowest BCUT2D eigenvalue weighted by atomic mass is 9.87. The first-order valence-electron chi connectivity index (χ1n) is 9.84. The molecule has 1 heterocycles. The Balaban J connectivity index is 1.74. The summed E-state index contributed by atoms with van der Waals surface area (Å²) in [5.41, 5.74) is 0.266. The normalized spacial score (nSPS) is 15.9. The zero-order chi connectivity index (χ0) is 24.9. The Labute approximate surface area is 197 Å². The molecular formula is C23H18F3N3O4S. The van der Waals surface area contributed by atoms with Gasteiger partial charge in [-0.1, -0.05) is 30.0 Å². The Morgan fingerprint density at radius 3 is 2.56 bits per heavy atom. The largest absolute Gasteiger partial charge is 0.465 e. The number of esters is 1. The monoisotopic (exact) mass is 489 g/mol. The first-order valence-corrected chi connectivity index (χ1v) is 10.8. The quantitative estimate of drug-likeness (QED) is 0.589. The van der Waals surface area contributed by atoms with E-state index in [1.165, 1.54) is 31.4 Å². The summed E-state index contributed by atoms with van der Waals surface area (Å²) in [7, 11) is 1.25. The van der Waals surface area contributed by atoms with Crippen LogP contribution in [0.2, 0.25) is 0 Å². The zero-order valence-electron chi connectivity index (χ0n) is 17.7. The Kier molecular flexibility index (Phi) is 7.63. The first kappa shape index (κ1) is 24.9. The molecule has 3 rings (SSSR count). The number of ether oxygens (including phenoxy) is 1. The van der Waals surface area contributed by atoms with Crippen LogP contribution in [0.15, 0.2) is 59.1 Å². The molecule has 1 aliphatic heterocycles. The van der Waals surface area contributed by atoms with Gasteiger partial charge in [-0.05, 0) is 35.9 Å². The van der Waals surface area contributed by atoms with Gasteiger partial charge >= 0.3 is 12.1 Å². The maximum atomic E-state index is 12.9. The van der Waals surface area contributed by atoms with Gasteiger partial charge in [-0.2, -0.15) is 18.4 Å². The topological polar surface area (TPSA) is 108 Å². The second-order valence-electron chi connectivity index (χ2n) is 7.19. The summed E-state index contributed by atoms with van der Waals surface area (Å²) < 4.78 is 43.2. The molecule has 2 amide bonds. The van der Waals surface area contributed by atoms with E-state index >= 15 is 0 Å². The summed E-state index contributed by atoms with van der Waals surface area (Å²) in [4.78, 5) is 36.2. The van der Waals surface area contributed by atoms with Crippen LogP contribution in [0.3, 0.4) is 0 Å². The number of nitrogens with zero attached hydrogens (tertiary/aromatic N) is 1. The van der Waals surface area contributed by atoms with E-state index in [0.717, 1.165) is 23.9 Å². The molecule has 34 heavy (non-hydrogen) atoms. The van der Waals surface area contributed by atoms with Crippen LogP contribution in [0.4, 0.5) is 18.9 Å². The van der Waals surface area contributed by atoms with E-state index in [2.05, 4.69) is 21.4 Å². The summed E-state index contributed by atoms with van der Waals surface area (Å²) in [5.74, 6) is -2.31. The van der Waals surface area contributed by atoms with Gasteiger partial charge in [0, 0.05) is 18.0 Å². The Hall–Kier alpha value is -3.78. The molecule has 0 saturated carbocycles. The lowest BCUT2D eigenvalue weighted by Gasteiger charge is -2.25. The van der Waals surface area contributed by atoms with Crippen molar-refractivity contribution in [2.24, 2.45) is 0 Å². The number of nitrogens with one attached hydrogen (secondary N) is 2. The zero-order valence-corrected chi connectivity index (χ0v) is 18.5. The van der Waals surface area contributed by atoms with Crippen molar-refractivity contribution in [1.82, 2.24) is 5.32 Å². The molecule has 2 aromatic carbocycles. The smallest absolute Gasteiger partial charge is 0.416 e. The first-order chi connectivity index (χ1) is 16.1. The van der Waals surface area contributed by atoms with Gasteiger partial charge in [-0.15, -0.1) is 0 Å². The highest BCUT2D eigenvalue weighted by molar-refractivity contribution is 8.03. The van der Waals surface area contributed by atoms with Crippen molar-refractivity contribution in [3.63, 3.8) is 0 Å². The molecular weight excluding hydrogens is 471 g/mol. The van der Waals surface area contributed by atoms with E-state index in [4.69, 9.17) is 0 Å². The number of nitriles is 1. The third-order valence-corrected chi connectivity index (χ3v) is 5.93. The summed E-state index contributed by atoms with van der Waals surface area (Å²) in [5, 5.41) is 14.9. The van der Waals surface area contributed by atoms with E-state index in [1.54, 1.807) is 12.1 Å². The SMILES string of the molecule is COC(=O)c1ccc([C@@H]2CC(=O)NC(SCC(=O)Nc3cccc(C(F)(F)F)c3)=C2C#N)cc1. The second-order valence-corrected chi connectivity index (χ2v) is 8.17. The molecule has 11 heteroatoms. The van der Waals surface area contributed by atoms with Gasteiger partial charge in [0.15, 0.2) is 0 Å². The number of halogens is 3.